The van der Waals surface area contributed by atoms with E-state index in [9.17, 15) is 4.79 Å². The minimum absolute atomic E-state index is 0.0604. The molecular formula is C7H11NO. The van der Waals surface area contributed by atoms with Crippen molar-refractivity contribution in [1.29, 1.82) is 0 Å². The van der Waals surface area contributed by atoms with Crippen LogP contribution in [-0.2, 0) is 4.79 Å². The summed E-state index contributed by atoms with van der Waals surface area (Å²) in [5.41, 5.74) is 0. The molecule has 0 fully saturated rings. The molecule has 1 N–H and O–H groups in total. The Bertz CT molecular complexity index is 123. The summed E-state index contributed by atoms with van der Waals surface area (Å²) < 4.78 is 0. The van der Waals surface area contributed by atoms with Crippen molar-refractivity contribution in [3.63, 3.8) is 0 Å². The Labute approximate surface area is 55.6 Å². The molecule has 0 aromatic heterocycles. The number of nitrogens with one attached hydrogen (secondary N) is 1. The fourth-order valence-corrected chi connectivity index (χ4v) is 0.399. The molecule has 0 rings (SSSR count). The van der Waals surface area contributed by atoms with Crippen molar-refractivity contribution in [1.82, 2.24) is 5.32 Å². The first-order valence-corrected chi connectivity index (χ1v) is 3.01. The number of amides is 1. The molecule has 9 heavy (non-hydrogen) atoms. The molecule has 0 aromatic rings. The lowest BCUT2D eigenvalue weighted by molar-refractivity contribution is -0.120. The molecular weight excluding hydrogens is 114 g/mol. The lowest BCUT2D eigenvalue weighted by Crippen LogP contribution is -2.22. The van der Waals surface area contributed by atoms with Crippen LogP contribution in [0.3, 0.4) is 0 Å². The number of terminal acetylenes is 1. The summed E-state index contributed by atoms with van der Waals surface area (Å²) in [5, 5.41) is 2.65. The Balaban J connectivity index is 3.09. The first kappa shape index (κ1) is 8.03. The number of carbonyl (C=O) groups is 1. The zero-order valence-corrected chi connectivity index (χ0v) is 5.61. The highest BCUT2D eigenvalue weighted by atomic mass is 16.1. The van der Waals surface area contributed by atoms with Gasteiger partial charge in [0.15, 0.2) is 0 Å². The maximum absolute atomic E-state index is 10.5. The molecule has 0 radical (unpaired) electrons. The highest BCUT2D eigenvalue weighted by Gasteiger charge is 1.91. The van der Waals surface area contributed by atoms with E-state index in [0.717, 1.165) is 0 Å². The number of hydrogen-bond acceptors (Lipinski definition) is 1. The van der Waals surface area contributed by atoms with Crippen LogP contribution in [0.5, 0.6) is 0 Å². The van der Waals surface area contributed by atoms with E-state index in [4.69, 9.17) is 6.42 Å². The van der Waals surface area contributed by atoms with Crippen molar-refractivity contribution < 1.29 is 4.79 Å². The molecule has 0 aliphatic rings. The summed E-state index contributed by atoms with van der Waals surface area (Å²) in [6.45, 7) is 2.41. The lowest BCUT2D eigenvalue weighted by atomic mass is 10.4. The third-order valence-electron chi connectivity index (χ3n) is 0.913. The largest absolute Gasteiger partial charge is 0.355 e. The van der Waals surface area contributed by atoms with Gasteiger partial charge in [-0.15, -0.1) is 12.3 Å². The summed E-state index contributed by atoms with van der Waals surface area (Å²) >= 11 is 0. The van der Waals surface area contributed by atoms with Crippen LogP contribution in [0, 0.1) is 12.3 Å². The Morgan fingerprint density at radius 2 is 2.44 bits per heavy atom. The second-order valence-electron chi connectivity index (χ2n) is 1.66. The van der Waals surface area contributed by atoms with E-state index in [-0.39, 0.29) is 5.91 Å². The Hall–Kier alpha value is -0.970. The van der Waals surface area contributed by atoms with Crippen molar-refractivity contribution in [2.75, 3.05) is 6.54 Å². The van der Waals surface area contributed by atoms with Gasteiger partial charge in [0.2, 0.25) is 5.91 Å². The highest BCUT2D eigenvalue weighted by Crippen LogP contribution is 1.75. The van der Waals surface area contributed by atoms with E-state index >= 15 is 0 Å². The molecule has 1 amide bonds. The van der Waals surface area contributed by atoms with E-state index in [1.54, 1.807) is 0 Å². The molecule has 0 aromatic carbocycles. The van der Waals surface area contributed by atoms with Crippen LogP contribution < -0.4 is 5.32 Å². The molecule has 0 unspecified atom stereocenters. The van der Waals surface area contributed by atoms with Gasteiger partial charge in [0.1, 0.15) is 0 Å². The molecule has 0 saturated carbocycles. The number of carbonyl (C=O) groups excluding carboxylic acids is 1. The summed E-state index contributed by atoms with van der Waals surface area (Å²) in [4.78, 5) is 10.5. The van der Waals surface area contributed by atoms with E-state index in [0.29, 0.717) is 19.4 Å². The van der Waals surface area contributed by atoms with E-state index in [1.165, 1.54) is 0 Å². The molecule has 0 aliphatic heterocycles. The summed E-state index contributed by atoms with van der Waals surface area (Å²) in [7, 11) is 0. The van der Waals surface area contributed by atoms with Gasteiger partial charge in [-0.25, -0.2) is 0 Å². The highest BCUT2D eigenvalue weighted by molar-refractivity contribution is 5.75. The first-order valence-electron chi connectivity index (χ1n) is 3.01. The molecule has 0 aliphatic carbocycles. The fourth-order valence-electron chi connectivity index (χ4n) is 0.399. The third kappa shape index (κ3) is 4.89. The van der Waals surface area contributed by atoms with Crippen LogP contribution in [0.4, 0.5) is 0 Å². The monoisotopic (exact) mass is 125 g/mol. The third-order valence-corrected chi connectivity index (χ3v) is 0.913. The van der Waals surface area contributed by atoms with E-state index < -0.39 is 0 Å². The molecule has 2 nitrogen and oxygen atoms in total. The second-order valence-corrected chi connectivity index (χ2v) is 1.66. The lowest BCUT2D eigenvalue weighted by Gasteiger charge is -1.96. The zero-order chi connectivity index (χ0) is 7.11. The van der Waals surface area contributed by atoms with Gasteiger partial charge in [-0.3, -0.25) is 4.79 Å². The average molecular weight is 125 g/mol. The average Bonchev–Trinajstić information content (AvgIpc) is 1.89. The second kappa shape index (κ2) is 5.17. The zero-order valence-electron chi connectivity index (χ0n) is 5.61. The fraction of sp³-hybridized carbons (Fsp3) is 0.571. The molecule has 0 saturated heterocycles. The van der Waals surface area contributed by atoms with Crippen molar-refractivity contribution >= 4 is 5.91 Å². The Kier molecular flexibility index (Phi) is 4.61. The smallest absolute Gasteiger partial charge is 0.219 e. The van der Waals surface area contributed by atoms with Crippen LogP contribution in [0.1, 0.15) is 19.8 Å². The van der Waals surface area contributed by atoms with Gasteiger partial charge in [0.25, 0.3) is 0 Å². The van der Waals surface area contributed by atoms with Gasteiger partial charge in [-0.2, -0.15) is 0 Å². The molecule has 0 atom stereocenters. The Morgan fingerprint density at radius 1 is 1.78 bits per heavy atom. The minimum Gasteiger partial charge on any atom is -0.355 e. The number of hydrogen-bond donors (Lipinski definition) is 1. The van der Waals surface area contributed by atoms with Crippen LogP contribution >= 0.6 is 0 Å². The van der Waals surface area contributed by atoms with Gasteiger partial charge in [-0.05, 0) is 0 Å². The maximum atomic E-state index is 10.5. The molecule has 0 bridgehead atoms. The summed E-state index contributed by atoms with van der Waals surface area (Å²) in [6.07, 6.45) is 6.10. The predicted molar refractivity (Wildman–Crippen MR) is 36.8 cm³/mol. The summed E-state index contributed by atoms with van der Waals surface area (Å²) in [5.74, 6) is 2.49. The van der Waals surface area contributed by atoms with E-state index in [1.807, 2.05) is 6.92 Å². The van der Waals surface area contributed by atoms with Crippen molar-refractivity contribution in [2.24, 2.45) is 0 Å². The normalized spacial score (nSPS) is 8.00. The predicted octanol–water partition coefficient (Wildman–Crippen LogP) is 0.536. The quantitative estimate of drug-likeness (QED) is 0.433. The van der Waals surface area contributed by atoms with Gasteiger partial charge < -0.3 is 5.32 Å². The summed E-state index contributed by atoms with van der Waals surface area (Å²) in [6, 6.07) is 0. The van der Waals surface area contributed by atoms with Gasteiger partial charge in [0, 0.05) is 19.4 Å². The number of rotatable bonds is 3. The van der Waals surface area contributed by atoms with Gasteiger partial charge >= 0.3 is 0 Å². The molecule has 0 spiro atoms. The molecule has 2 heteroatoms. The van der Waals surface area contributed by atoms with Crippen LogP contribution in [-0.4, -0.2) is 12.5 Å². The van der Waals surface area contributed by atoms with Crippen LogP contribution in [0.15, 0.2) is 0 Å². The molecule has 0 heterocycles. The standard InChI is InChI=1S/C7H11NO/c1-3-5-6-8-7(9)4-2/h1H,4-6H2,2H3,(H,8,9). The topological polar surface area (TPSA) is 29.1 Å². The van der Waals surface area contributed by atoms with Crippen molar-refractivity contribution in [3.8, 4) is 12.3 Å². The van der Waals surface area contributed by atoms with Gasteiger partial charge in [-0.1, -0.05) is 6.92 Å². The Morgan fingerprint density at radius 3 is 2.89 bits per heavy atom. The van der Waals surface area contributed by atoms with E-state index in [2.05, 4.69) is 11.2 Å². The van der Waals surface area contributed by atoms with Crippen molar-refractivity contribution in [3.05, 3.63) is 0 Å². The van der Waals surface area contributed by atoms with Gasteiger partial charge in [0.05, 0.1) is 0 Å². The van der Waals surface area contributed by atoms with Crippen LogP contribution in [0.2, 0.25) is 0 Å². The molecule has 50 valence electrons. The SMILES string of the molecule is C#CCCNC(=O)CC. The minimum atomic E-state index is 0.0604. The maximum Gasteiger partial charge on any atom is 0.219 e. The first-order chi connectivity index (χ1) is 4.31. The van der Waals surface area contributed by atoms with Crippen LogP contribution in [0.25, 0.3) is 0 Å². The van der Waals surface area contributed by atoms with Crippen molar-refractivity contribution in [2.45, 2.75) is 19.8 Å².